The monoisotopic (exact) mass is 420 g/mol. The van der Waals surface area contributed by atoms with Crippen LogP contribution in [0.2, 0.25) is 0 Å². The van der Waals surface area contributed by atoms with Crippen LogP contribution in [-0.4, -0.2) is 56.5 Å². The fraction of sp³-hybridized carbons (Fsp3) is 0.458. The van der Waals surface area contributed by atoms with Crippen LogP contribution in [0.5, 0.6) is 0 Å². The zero-order chi connectivity index (χ0) is 21.9. The number of nitrogens with zero attached hydrogens (tertiary/aromatic N) is 4. The fourth-order valence-corrected chi connectivity index (χ4v) is 5.21. The summed E-state index contributed by atoms with van der Waals surface area (Å²) in [5.74, 6) is -0.211. The minimum atomic E-state index is -0.689. The number of likely N-dealkylation sites (tertiary alicyclic amines) is 1. The van der Waals surface area contributed by atoms with Gasteiger partial charge in [0.25, 0.3) is 0 Å². The highest BCUT2D eigenvalue weighted by Gasteiger charge is 2.67. The van der Waals surface area contributed by atoms with Crippen molar-refractivity contribution >= 4 is 11.8 Å². The third-order valence-electron chi connectivity index (χ3n) is 7.08. The summed E-state index contributed by atoms with van der Waals surface area (Å²) in [6, 6.07) is 6.29. The van der Waals surface area contributed by atoms with E-state index in [1.807, 2.05) is 34.9 Å². The average Bonchev–Trinajstić information content (AvgIpc) is 3.47. The predicted octanol–water partition coefficient (Wildman–Crippen LogP) is 1.98. The number of imidazole rings is 1. The van der Waals surface area contributed by atoms with E-state index in [9.17, 15) is 9.59 Å². The highest BCUT2D eigenvalue weighted by atomic mass is 16.5. The third-order valence-corrected chi connectivity index (χ3v) is 7.08. The van der Waals surface area contributed by atoms with E-state index in [0.29, 0.717) is 19.6 Å². The molecular weight excluding hydrogens is 392 g/mol. The van der Waals surface area contributed by atoms with Gasteiger partial charge < -0.3 is 19.1 Å². The molecule has 2 amide bonds. The summed E-state index contributed by atoms with van der Waals surface area (Å²) in [5, 5.41) is 0. The van der Waals surface area contributed by atoms with Crippen LogP contribution in [0.3, 0.4) is 0 Å². The van der Waals surface area contributed by atoms with E-state index in [0.717, 1.165) is 11.4 Å². The van der Waals surface area contributed by atoms with Gasteiger partial charge in [0, 0.05) is 33.0 Å². The summed E-state index contributed by atoms with van der Waals surface area (Å²) in [7, 11) is 3.68. The first-order valence-electron chi connectivity index (χ1n) is 10.7. The Hall–Kier alpha value is -2.93. The Morgan fingerprint density at radius 1 is 1.32 bits per heavy atom. The summed E-state index contributed by atoms with van der Waals surface area (Å²) >= 11 is 0. The molecule has 2 fully saturated rings. The Balaban J connectivity index is 1.36. The lowest BCUT2D eigenvalue weighted by molar-refractivity contribution is -0.143. The molecule has 4 atom stereocenters. The van der Waals surface area contributed by atoms with Crippen LogP contribution in [-0.2, 0) is 34.5 Å². The molecule has 7 nitrogen and oxygen atoms in total. The Morgan fingerprint density at radius 3 is 2.84 bits per heavy atom. The number of hydrogen-bond acceptors (Lipinski definition) is 4. The van der Waals surface area contributed by atoms with Gasteiger partial charge in [-0.2, -0.15) is 0 Å². The van der Waals surface area contributed by atoms with Gasteiger partial charge in [-0.1, -0.05) is 30.4 Å². The van der Waals surface area contributed by atoms with Gasteiger partial charge in [-0.05, 0) is 30.5 Å². The van der Waals surface area contributed by atoms with Gasteiger partial charge >= 0.3 is 0 Å². The molecule has 2 saturated heterocycles. The number of fused-ring (bicyclic) bond motifs is 1. The second-order valence-electron chi connectivity index (χ2n) is 9.16. The normalized spacial score (nSPS) is 28.5. The topological polar surface area (TPSA) is 67.7 Å². The van der Waals surface area contributed by atoms with E-state index in [4.69, 9.17) is 4.74 Å². The Morgan fingerprint density at radius 2 is 2.13 bits per heavy atom. The number of hydrogen-bond donors (Lipinski definition) is 0. The van der Waals surface area contributed by atoms with Crippen molar-refractivity contribution in [3.8, 4) is 0 Å². The summed E-state index contributed by atoms with van der Waals surface area (Å²) in [5.41, 5.74) is 2.86. The lowest BCUT2D eigenvalue weighted by Crippen LogP contribution is -2.44. The number of aromatic nitrogens is 2. The molecule has 4 heterocycles. The molecule has 1 spiro atoms. The van der Waals surface area contributed by atoms with Gasteiger partial charge in [0.15, 0.2) is 0 Å². The van der Waals surface area contributed by atoms with E-state index >= 15 is 0 Å². The predicted molar refractivity (Wildman–Crippen MR) is 115 cm³/mol. The first-order valence-corrected chi connectivity index (χ1v) is 10.7. The number of carbonyl (C=O) groups excluding carboxylic acids is 2. The SMILES string of the molecule is Cc1ccc(CN2C[C@]34C=C[C@H](O3)C(C(=O)N(C)Cc3nccn3C)C4C2=O)cc1C. The highest BCUT2D eigenvalue weighted by Crippen LogP contribution is 2.52. The van der Waals surface area contributed by atoms with E-state index in [1.165, 1.54) is 11.1 Å². The number of carbonyl (C=O) groups is 2. The fourth-order valence-electron chi connectivity index (χ4n) is 5.21. The quantitative estimate of drug-likeness (QED) is 0.694. The van der Waals surface area contributed by atoms with E-state index in [-0.39, 0.29) is 17.9 Å². The van der Waals surface area contributed by atoms with E-state index < -0.39 is 17.4 Å². The second-order valence-corrected chi connectivity index (χ2v) is 9.16. The molecule has 0 N–H and O–H groups in total. The molecule has 0 radical (unpaired) electrons. The van der Waals surface area contributed by atoms with E-state index in [2.05, 4.69) is 37.0 Å². The molecule has 2 unspecified atom stereocenters. The molecule has 3 aliphatic rings. The molecule has 3 aliphatic heterocycles. The summed E-state index contributed by atoms with van der Waals surface area (Å²) < 4.78 is 8.16. The Bertz CT molecular complexity index is 1090. The van der Waals surface area contributed by atoms with Crippen LogP contribution in [0.4, 0.5) is 0 Å². The Labute approximate surface area is 182 Å². The maximum absolute atomic E-state index is 13.5. The number of rotatable bonds is 5. The molecule has 2 aromatic rings. The van der Waals surface area contributed by atoms with Crippen molar-refractivity contribution in [2.24, 2.45) is 18.9 Å². The minimum absolute atomic E-state index is 0.00817. The first-order chi connectivity index (χ1) is 14.8. The van der Waals surface area contributed by atoms with Gasteiger partial charge in [-0.25, -0.2) is 4.98 Å². The minimum Gasteiger partial charge on any atom is -0.360 e. The molecular formula is C24H28N4O3. The van der Waals surface area contributed by atoms with Gasteiger partial charge in [-0.15, -0.1) is 0 Å². The van der Waals surface area contributed by atoms with Crippen LogP contribution in [0, 0.1) is 25.7 Å². The first kappa shape index (κ1) is 20.0. The van der Waals surface area contributed by atoms with E-state index in [1.54, 1.807) is 18.1 Å². The molecule has 1 aromatic carbocycles. The van der Waals surface area contributed by atoms with Gasteiger partial charge in [0.1, 0.15) is 11.4 Å². The number of ether oxygens (including phenoxy) is 1. The number of aryl methyl sites for hydroxylation is 3. The van der Waals surface area contributed by atoms with Crippen LogP contribution in [0.1, 0.15) is 22.5 Å². The molecule has 2 bridgehead atoms. The summed E-state index contributed by atoms with van der Waals surface area (Å²) in [6.07, 6.45) is 7.20. The molecule has 5 rings (SSSR count). The molecule has 7 heteroatoms. The summed E-state index contributed by atoms with van der Waals surface area (Å²) in [6.45, 7) is 5.58. The lowest BCUT2D eigenvalue weighted by atomic mass is 9.76. The third kappa shape index (κ3) is 3.10. The Kier molecular flexibility index (Phi) is 4.55. The lowest BCUT2D eigenvalue weighted by Gasteiger charge is -2.27. The zero-order valence-electron chi connectivity index (χ0n) is 18.4. The maximum Gasteiger partial charge on any atom is 0.230 e. The maximum atomic E-state index is 13.5. The highest BCUT2D eigenvalue weighted by molar-refractivity contribution is 5.93. The standard InChI is InChI=1S/C24H28N4O3/c1-15-5-6-17(11-16(15)2)12-28-14-24-8-7-18(31-24)20(21(24)23(28)30)22(29)27(4)13-19-25-9-10-26(19)3/h5-11,18,20-21H,12-14H2,1-4H3/t18-,20?,21?,24-/m0/s1. The van der Waals surface area contributed by atoms with Crippen molar-refractivity contribution in [1.82, 2.24) is 19.4 Å². The summed E-state index contributed by atoms with van der Waals surface area (Å²) in [4.78, 5) is 34.7. The average molecular weight is 421 g/mol. The van der Waals surface area contributed by atoms with Crippen molar-refractivity contribution < 1.29 is 14.3 Å². The molecule has 0 saturated carbocycles. The largest absolute Gasteiger partial charge is 0.360 e. The van der Waals surface area contributed by atoms with Crippen LogP contribution < -0.4 is 0 Å². The molecule has 1 aromatic heterocycles. The van der Waals surface area contributed by atoms with Gasteiger partial charge in [-0.3, -0.25) is 9.59 Å². The number of benzene rings is 1. The zero-order valence-corrected chi connectivity index (χ0v) is 18.4. The van der Waals surface area contributed by atoms with Crippen molar-refractivity contribution in [1.29, 1.82) is 0 Å². The van der Waals surface area contributed by atoms with Crippen molar-refractivity contribution in [3.05, 3.63) is 65.3 Å². The number of amides is 2. The second kappa shape index (κ2) is 7.05. The van der Waals surface area contributed by atoms with Crippen LogP contribution >= 0.6 is 0 Å². The van der Waals surface area contributed by atoms with Crippen molar-refractivity contribution in [2.45, 2.75) is 38.6 Å². The molecule has 162 valence electrons. The van der Waals surface area contributed by atoms with Crippen LogP contribution in [0.25, 0.3) is 0 Å². The van der Waals surface area contributed by atoms with Crippen molar-refractivity contribution in [2.75, 3.05) is 13.6 Å². The van der Waals surface area contributed by atoms with Gasteiger partial charge in [0.2, 0.25) is 11.8 Å². The van der Waals surface area contributed by atoms with Crippen LogP contribution in [0.15, 0.2) is 42.7 Å². The smallest absolute Gasteiger partial charge is 0.230 e. The molecule has 31 heavy (non-hydrogen) atoms. The van der Waals surface area contributed by atoms with Crippen molar-refractivity contribution in [3.63, 3.8) is 0 Å². The molecule has 0 aliphatic carbocycles. The van der Waals surface area contributed by atoms with Gasteiger partial charge in [0.05, 0.1) is 31.0 Å².